The number of rotatable bonds is 4. The second kappa shape index (κ2) is 6.25. The van der Waals surface area contributed by atoms with E-state index in [9.17, 15) is 4.79 Å². The largest absolute Gasteiger partial charge is 0.344 e. The molecule has 0 aliphatic carbocycles. The molecule has 0 saturated carbocycles. The zero-order chi connectivity index (χ0) is 16.4. The Morgan fingerprint density at radius 1 is 1.30 bits per heavy atom. The molecule has 3 aromatic rings. The van der Waals surface area contributed by atoms with E-state index < -0.39 is 0 Å². The molecule has 1 N–H and O–H groups in total. The van der Waals surface area contributed by atoms with Crippen molar-refractivity contribution in [2.45, 2.75) is 20.4 Å². The third-order valence-electron chi connectivity index (χ3n) is 3.05. The third kappa shape index (κ3) is 3.42. The van der Waals surface area contributed by atoms with Gasteiger partial charge in [0.05, 0.1) is 29.0 Å². The van der Waals surface area contributed by atoms with E-state index in [1.54, 1.807) is 6.20 Å². The first-order valence-corrected chi connectivity index (χ1v) is 7.57. The Morgan fingerprint density at radius 2 is 2.13 bits per heavy atom. The van der Waals surface area contributed by atoms with Crippen molar-refractivity contribution < 1.29 is 4.79 Å². The van der Waals surface area contributed by atoms with Gasteiger partial charge in [-0.1, -0.05) is 5.21 Å². The van der Waals surface area contributed by atoms with Crippen LogP contribution in [0.2, 0.25) is 0 Å². The van der Waals surface area contributed by atoms with Crippen LogP contribution in [0.25, 0.3) is 5.69 Å². The highest BCUT2D eigenvalue weighted by Crippen LogP contribution is 2.11. The number of hydrogen-bond acceptors (Lipinski definition) is 7. The van der Waals surface area contributed by atoms with Gasteiger partial charge in [0.25, 0.3) is 5.91 Å². The molecule has 0 unspecified atom stereocenters. The summed E-state index contributed by atoms with van der Waals surface area (Å²) in [7, 11) is 5.49. The first kappa shape index (κ1) is 15.3. The number of aryl methyl sites for hydroxylation is 2. The highest BCUT2D eigenvalue weighted by molar-refractivity contribution is 7.19. The molecule has 0 aliphatic rings. The van der Waals surface area contributed by atoms with Crippen LogP contribution >= 0.6 is 11.3 Å². The number of nitrogens with zero attached hydrogens (tertiary/aromatic N) is 6. The normalized spacial score (nSPS) is 10.7. The fourth-order valence-corrected chi connectivity index (χ4v) is 2.54. The Kier molecular flexibility index (Phi) is 4.15. The lowest BCUT2D eigenvalue weighted by atomic mass is 10.2. The Balaban J connectivity index is 1.72. The van der Waals surface area contributed by atoms with E-state index >= 15 is 0 Å². The molecule has 3 rings (SSSR count). The molecule has 0 saturated heterocycles. The quantitative estimate of drug-likeness (QED) is 0.670. The maximum Gasteiger partial charge on any atom is 0.273 e. The molecule has 114 valence electrons. The standard InChI is InChI=1S/C13H12BN7OS/c1-7-3-4-10(8(2)16-7)21-6-9(17-20-21)12(22)15-5-11-18-19-13(14)23-11/h3-4,6H,5H2,1-2H3,(H,15,22). The predicted octanol–water partition coefficient (Wildman–Crippen LogP) is -0.146. The maximum atomic E-state index is 12.1. The first-order valence-electron chi connectivity index (χ1n) is 6.76. The van der Waals surface area contributed by atoms with Crippen LogP contribution in [0.15, 0.2) is 18.3 Å². The zero-order valence-electron chi connectivity index (χ0n) is 12.5. The molecular weight excluding hydrogens is 313 g/mol. The molecule has 0 bridgehead atoms. The second-order valence-electron chi connectivity index (χ2n) is 4.82. The van der Waals surface area contributed by atoms with Crippen LogP contribution in [0.1, 0.15) is 26.9 Å². The summed E-state index contributed by atoms with van der Waals surface area (Å²) in [5.41, 5.74) is 2.72. The van der Waals surface area contributed by atoms with Crippen molar-refractivity contribution in [3.05, 3.63) is 40.4 Å². The molecule has 8 nitrogen and oxygen atoms in total. The lowest BCUT2D eigenvalue weighted by Gasteiger charge is -2.04. The van der Waals surface area contributed by atoms with Crippen LogP contribution in [0.5, 0.6) is 0 Å². The molecular formula is C13H12BN7OS. The highest BCUT2D eigenvalue weighted by Gasteiger charge is 2.13. The van der Waals surface area contributed by atoms with E-state index in [2.05, 4.69) is 30.8 Å². The summed E-state index contributed by atoms with van der Waals surface area (Å²) in [5, 5.41) is 18.7. The molecule has 23 heavy (non-hydrogen) atoms. The fraction of sp³-hybridized carbons (Fsp3) is 0.231. The van der Waals surface area contributed by atoms with E-state index in [0.29, 0.717) is 9.91 Å². The molecule has 3 aromatic heterocycles. The predicted molar refractivity (Wildman–Crippen MR) is 85.1 cm³/mol. The summed E-state index contributed by atoms with van der Waals surface area (Å²) in [6, 6.07) is 3.77. The average Bonchev–Trinajstić information content (AvgIpc) is 3.14. The number of aromatic nitrogens is 6. The van der Waals surface area contributed by atoms with Gasteiger partial charge in [-0.2, -0.15) is 5.10 Å². The van der Waals surface area contributed by atoms with Crippen molar-refractivity contribution in [1.29, 1.82) is 0 Å². The summed E-state index contributed by atoms with van der Waals surface area (Å²) in [6.45, 7) is 4.03. The fourth-order valence-electron chi connectivity index (χ4n) is 1.99. The molecule has 3 heterocycles. The van der Waals surface area contributed by atoms with E-state index in [1.807, 2.05) is 26.0 Å². The minimum atomic E-state index is -0.345. The van der Waals surface area contributed by atoms with Crippen molar-refractivity contribution in [2.24, 2.45) is 0 Å². The van der Waals surface area contributed by atoms with Gasteiger partial charge < -0.3 is 5.32 Å². The molecule has 10 heteroatoms. The number of nitrogens with one attached hydrogen (secondary N) is 1. The van der Waals surface area contributed by atoms with Gasteiger partial charge in [0.15, 0.2) is 13.5 Å². The molecule has 0 aliphatic heterocycles. The molecule has 0 spiro atoms. The van der Waals surface area contributed by atoms with Crippen LogP contribution in [0.4, 0.5) is 0 Å². The van der Waals surface area contributed by atoms with Crippen LogP contribution in [-0.4, -0.2) is 43.9 Å². The maximum absolute atomic E-state index is 12.1. The first-order chi connectivity index (χ1) is 11.0. The van der Waals surface area contributed by atoms with Gasteiger partial charge >= 0.3 is 0 Å². The summed E-state index contributed by atoms with van der Waals surface area (Å²) in [6.07, 6.45) is 1.56. The molecule has 1 amide bonds. The van der Waals surface area contributed by atoms with Gasteiger partial charge in [0.1, 0.15) is 5.01 Å². The number of amides is 1. The minimum Gasteiger partial charge on any atom is -0.344 e. The van der Waals surface area contributed by atoms with Gasteiger partial charge in [-0.05, 0) is 26.0 Å². The molecule has 0 aromatic carbocycles. The van der Waals surface area contributed by atoms with Gasteiger partial charge in [-0.3, -0.25) is 9.78 Å². The van der Waals surface area contributed by atoms with Crippen molar-refractivity contribution in [3.63, 3.8) is 0 Å². The topological polar surface area (TPSA) is 98.5 Å². The van der Waals surface area contributed by atoms with Crippen molar-refractivity contribution in [2.75, 3.05) is 0 Å². The minimum absolute atomic E-state index is 0.211. The smallest absolute Gasteiger partial charge is 0.273 e. The highest BCUT2D eigenvalue weighted by atomic mass is 32.1. The number of hydrogen-bond donors (Lipinski definition) is 1. The Bertz CT molecular complexity index is 860. The van der Waals surface area contributed by atoms with Gasteiger partial charge in [-0.15, -0.1) is 21.5 Å². The Labute approximate surface area is 137 Å². The average molecular weight is 325 g/mol. The van der Waals surface area contributed by atoms with Gasteiger partial charge in [0, 0.05) is 5.69 Å². The summed E-state index contributed by atoms with van der Waals surface area (Å²) >= 11 is 1.22. The van der Waals surface area contributed by atoms with Crippen LogP contribution in [0.3, 0.4) is 0 Å². The van der Waals surface area contributed by atoms with Gasteiger partial charge in [-0.25, -0.2) is 4.68 Å². The Morgan fingerprint density at radius 3 is 2.83 bits per heavy atom. The summed E-state index contributed by atoms with van der Waals surface area (Å²) in [4.78, 5) is 16.8. The van der Waals surface area contributed by atoms with Crippen molar-refractivity contribution >= 4 is 30.0 Å². The lowest BCUT2D eigenvalue weighted by Crippen LogP contribution is -2.23. The molecule has 0 fully saturated rings. The number of carbonyl (C=O) groups excluding carboxylic acids is 1. The molecule has 2 radical (unpaired) electrons. The van der Waals surface area contributed by atoms with E-state index in [-0.39, 0.29) is 18.1 Å². The SMILES string of the molecule is [B]c1nnc(CNC(=O)c2cn(-c3ccc(C)nc3C)nn2)s1. The molecule has 0 atom stereocenters. The third-order valence-corrected chi connectivity index (χ3v) is 3.81. The van der Waals surface area contributed by atoms with Crippen molar-refractivity contribution in [3.8, 4) is 5.69 Å². The lowest BCUT2D eigenvalue weighted by molar-refractivity contribution is 0.0945. The summed E-state index contributed by atoms with van der Waals surface area (Å²) < 4.78 is 1.53. The van der Waals surface area contributed by atoms with E-state index in [0.717, 1.165) is 17.1 Å². The van der Waals surface area contributed by atoms with E-state index in [1.165, 1.54) is 16.0 Å². The summed E-state index contributed by atoms with van der Waals surface area (Å²) in [5.74, 6) is -0.345. The van der Waals surface area contributed by atoms with Crippen LogP contribution in [-0.2, 0) is 6.54 Å². The van der Waals surface area contributed by atoms with E-state index in [4.69, 9.17) is 7.85 Å². The van der Waals surface area contributed by atoms with Crippen molar-refractivity contribution in [1.82, 2.24) is 35.5 Å². The van der Waals surface area contributed by atoms with Gasteiger partial charge in [0.2, 0.25) is 0 Å². The van der Waals surface area contributed by atoms with Crippen LogP contribution < -0.4 is 10.2 Å². The number of carbonyl (C=O) groups is 1. The zero-order valence-corrected chi connectivity index (χ0v) is 13.3. The monoisotopic (exact) mass is 325 g/mol. The Hall–Kier alpha value is -2.62. The second-order valence-corrected chi connectivity index (χ2v) is 5.92. The van der Waals surface area contributed by atoms with Crippen LogP contribution in [0, 0.1) is 13.8 Å². The number of pyridine rings is 1.